The lowest BCUT2D eigenvalue weighted by atomic mass is 10.0. The van der Waals surface area contributed by atoms with E-state index in [1.807, 2.05) is 6.07 Å². The zero-order valence-corrected chi connectivity index (χ0v) is 17.7. The Kier molecular flexibility index (Phi) is 7.29. The van der Waals surface area contributed by atoms with Crippen LogP contribution in [0.25, 0.3) is 0 Å². The molecule has 9 heteroatoms. The highest BCUT2D eigenvalue weighted by Gasteiger charge is 2.33. The van der Waals surface area contributed by atoms with Crippen LogP contribution in [0.3, 0.4) is 0 Å². The van der Waals surface area contributed by atoms with Gasteiger partial charge in [-0.2, -0.15) is 5.26 Å². The molecule has 0 aromatic heterocycles. The number of amides is 1. The Morgan fingerprint density at radius 2 is 1.66 bits per heavy atom. The topological polar surface area (TPSA) is 115 Å². The van der Waals surface area contributed by atoms with Crippen molar-refractivity contribution in [2.75, 3.05) is 32.3 Å². The summed E-state index contributed by atoms with van der Waals surface area (Å²) in [4.78, 5) is 37.4. The van der Waals surface area contributed by atoms with Gasteiger partial charge in [-0.3, -0.25) is 14.5 Å². The predicted molar refractivity (Wildman–Crippen MR) is 112 cm³/mol. The van der Waals surface area contributed by atoms with Crippen LogP contribution >= 0.6 is 0 Å². The van der Waals surface area contributed by atoms with E-state index in [1.165, 1.54) is 19.1 Å². The fourth-order valence-electron chi connectivity index (χ4n) is 3.27. The van der Waals surface area contributed by atoms with E-state index in [2.05, 4.69) is 0 Å². The number of methoxy groups -OCH3 is 2. The van der Waals surface area contributed by atoms with Crippen molar-refractivity contribution >= 4 is 23.7 Å². The van der Waals surface area contributed by atoms with Gasteiger partial charge in [-0.1, -0.05) is 18.2 Å². The number of ether oxygens (including phenoxy) is 4. The number of anilines is 1. The molecule has 0 saturated carbocycles. The highest BCUT2D eigenvalue weighted by molar-refractivity contribution is 5.89. The van der Waals surface area contributed by atoms with Crippen molar-refractivity contribution in [3.05, 3.63) is 59.2 Å². The molecule has 32 heavy (non-hydrogen) atoms. The SMILES string of the molecule is COC(=O)Cc1cccc(CC(=O)OC)c1OCC1CN(c2ccc(C#N)cc2)C(=O)O1. The zero-order valence-electron chi connectivity index (χ0n) is 17.7. The molecule has 0 spiro atoms. The molecule has 3 rings (SSSR count). The number of hydrogen-bond donors (Lipinski definition) is 0. The minimum Gasteiger partial charge on any atom is -0.489 e. The predicted octanol–water partition coefficient (Wildman–Crippen LogP) is 2.39. The molecule has 1 fully saturated rings. The number of cyclic esters (lactones) is 1. The van der Waals surface area contributed by atoms with Crippen molar-refractivity contribution in [3.8, 4) is 11.8 Å². The maximum atomic E-state index is 12.3. The first-order valence-electron chi connectivity index (χ1n) is 9.80. The first-order chi connectivity index (χ1) is 15.4. The van der Waals surface area contributed by atoms with E-state index in [9.17, 15) is 14.4 Å². The average molecular weight is 438 g/mol. The van der Waals surface area contributed by atoms with Crippen molar-refractivity contribution in [1.29, 1.82) is 5.26 Å². The van der Waals surface area contributed by atoms with Gasteiger partial charge in [0.1, 0.15) is 12.4 Å². The van der Waals surface area contributed by atoms with Crippen LogP contribution in [0.15, 0.2) is 42.5 Å². The summed E-state index contributed by atoms with van der Waals surface area (Å²) in [6, 6.07) is 13.7. The summed E-state index contributed by atoms with van der Waals surface area (Å²) >= 11 is 0. The maximum Gasteiger partial charge on any atom is 0.414 e. The van der Waals surface area contributed by atoms with Crippen LogP contribution < -0.4 is 9.64 Å². The average Bonchev–Trinajstić information content (AvgIpc) is 3.18. The second-order valence-electron chi connectivity index (χ2n) is 7.00. The van der Waals surface area contributed by atoms with Crippen molar-refractivity contribution in [3.63, 3.8) is 0 Å². The van der Waals surface area contributed by atoms with Gasteiger partial charge in [0.2, 0.25) is 0 Å². The van der Waals surface area contributed by atoms with Gasteiger partial charge in [0.05, 0.1) is 45.2 Å². The number of para-hydroxylation sites is 1. The van der Waals surface area contributed by atoms with Crippen LogP contribution in [0.5, 0.6) is 5.75 Å². The van der Waals surface area contributed by atoms with Crippen LogP contribution in [0.4, 0.5) is 10.5 Å². The quantitative estimate of drug-likeness (QED) is 0.456. The smallest absolute Gasteiger partial charge is 0.414 e. The van der Waals surface area contributed by atoms with E-state index in [-0.39, 0.29) is 26.0 Å². The molecule has 0 radical (unpaired) electrons. The molecule has 2 aromatic rings. The highest BCUT2D eigenvalue weighted by atomic mass is 16.6. The largest absolute Gasteiger partial charge is 0.489 e. The second-order valence-corrected chi connectivity index (χ2v) is 7.00. The minimum atomic E-state index is -0.574. The lowest BCUT2D eigenvalue weighted by Gasteiger charge is -2.17. The molecule has 166 valence electrons. The minimum absolute atomic E-state index is 0.0187. The molecule has 0 bridgehead atoms. The Morgan fingerprint density at radius 3 is 2.19 bits per heavy atom. The Morgan fingerprint density at radius 1 is 1.06 bits per heavy atom. The summed E-state index contributed by atoms with van der Waals surface area (Å²) in [6.45, 7) is 0.265. The summed E-state index contributed by atoms with van der Waals surface area (Å²) < 4.78 is 20.8. The number of esters is 2. The van der Waals surface area contributed by atoms with E-state index in [1.54, 1.807) is 42.5 Å². The molecular formula is C23H22N2O7. The Bertz CT molecular complexity index is 1010. The van der Waals surface area contributed by atoms with Gasteiger partial charge in [-0.05, 0) is 24.3 Å². The molecule has 2 aromatic carbocycles. The summed E-state index contributed by atoms with van der Waals surface area (Å²) in [5.41, 5.74) is 2.19. The molecular weight excluding hydrogens is 416 g/mol. The fraction of sp³-hybridized carbons (Fsp3) is 0.304. The monoisotopic (exact) mass is 438 g/mol. The molecule has 1 amide bonds. The second kappa shape index (κ2) is 10.3. The summed E-state index contributed by atoms with van der Waals surface area (Å²) in [7, 11) is 2.58. The molecule has 1 saturated heterocycles. The third-order valence-electron chi connectivity index (χ3n) is 4.90. The standard InChI is InChI=1S/C23H22N2O7/c1-29-20(26)10-16-4-3-5-17(11-21(27)30-2)22(16)31-14-19-13-25(23(28)32-19)18-8-6-15(12-24)7-9-18/h3-9,19H,10-11,13-14H2,1-2H3. The molecule has 0 N–H and O–H groups in total. The van der Waals surface area contributed by atoms with Crippen molar-refractivity contribution in [1.82, 2.24) is 0 Å². The molecule has 9 nitrogen and oxygen atoms in total. The third kappa shape index (κ3) is 5.35. The van der Waals surface area contributed by atoms with Crippen LogP contribution in [-0.4, -0.2) is 51.5 Å². The molecule has 1 heterocycles. The Hall–Kier alpha value is -4.06. The van der Waals surface area contributed by atoms with Crippen molar-refractivity contribution in [2.45, 2.75) is 18.9 Å². The van der Waals surface area contributed by atoms with Gasteiger partial charge >= 0.3 is 18.0 Å². The lowest BCUT2D eigenvalue weighted by Crippen LogP contribution is -2.27. The van der Waals surface area contributed by atoms with E-state index in [0.29, 0.717) is 28.1 Å². The van der Waals surface area contributed by atoms with Gasteiger partial charge < -0.3 is 18.9 Å². The first-order valence-corrected chi connectivity index (χ1v) is 9.80. The summed E-state index contributed by atoms with van der Waals surface area (Å²) in [5, 5.41) is 8.92. The molecule has 1 aliphatic heterocycles. The summed E-state index contributed by atoms with van der Waals surface area (Å²) in [6.07, 6.45) is -1.18. The van der Waals surface area contributed by atoms with E-state index in [4.69, 9.17) is 24.2 Å². The van der Waals surface area contributed by atoms with E-state index in [0.717, 1.165) is 0 Å². The van der Waals surface area contributed by atoms with Gasteiger partial charge in [-0.25, -0.2) is 4.79 Å². The number of carbonyl (C=O) groups is 3. The third-order valence-corrected chi connectivity index (χ3v) is 4.90. The first kappa shape index (κ1) is 22.6. The highest BCUT2D eigenvalue weighted by Crippen LogP contribution is 2.28. The fourth-order valence-corrected chi connectivity index (χ4v) is 3.27. The Balaban J connectivity index is 1.74. The normalized spacial score (nSPS) is 15.0. The molecule has 1 unspecified atom stereocenters. The van der Waals surface area contributed by atoms with Crippen LogP contribution in [0.1, 0.15) is 16.7 Å². The Labute approximate surface area is 185 Å². The van der Waals surface area contributed by atoms with Gasteiger partial charge in [-0.15, -0.1) is 0 Å². The maximum absolute atomic E-state index is 12.3. The van der Waals surface area contributed by atoms with Gasteiger partial charge in [0, 0.05) is 16.8 Å². The molecule has 0 aliphatic carbocycles. The number of benzene rings is 2. The number of carbonyl (C=O) groups excluding carboxylic acids is 3. The van der Waals surface area contributed by atoms with Crippen molar-refractivity contribution < 1.29 is 33.3 Å². The van der Waals surface area contributed by atoms with Crippen molar-refractivity contribution in [2.24, 2.45) is 0 Å². The lowest BCUT2D eigenvalue weighted by molar-refractivity contribution is -0.140. The number of nitriles is 1. The number of rotatable bonds is 8. The van der Waals surface area contributed by atoms with Crippen LogP contribution in [-0.2, 0) is 36.6 Å². The molecule has 1 atom stereocenters. The van der Waals surface area contributed by atoms with E-state index >= 15 is 0 Å². The molecule has 1 aliphatic rings. The van der Waals surface area contributed by atoms with E-state index < -0.39 is 24.1 Å². The zero-order chi connectivity index (χ0) is 23.1. The summed E-state index contributed by atoms with van der Waals surface area (Å²) in [5.74, 6) is -0.551. The number of nitrogens with zero attached hydrogens (tertiary/aromatic N) is 2. The van der Waals surface area contributed by atoms with Crippen LogP contribution in [0.2, 0.25) is 0 Å². The number of hydrogen-bond acceptors (Lipinski definition) is 8. The van der Waals surface area contributed by atoms with Gasteiger partial charge in [0.15, 0.2) is 6.10 Å². The van der Waals surface area contributed by atoms with Gasteiger partial charge in [0.25, 0.3) is 0 Å². The van der Waals surface area contributed by atoms with Crippen LogP contribution in [0, 0.1) is 11.3 Å².